The van der Waals surface area contributed by atoms with Gasteiger partial charge in [-0.3, -0.25) is 4.98 Å². The van der Waals surface area contributed by atoms with Crippen molar-refractivity contribution in [1.29, 1.82) is 5.26 Å². The van der Waals surface area contributed by atoms with Crippen LogP contribution in [0.5, 0.6) is 0 Å². The van der Waals surface area contributed by atoms with E-state index in [9.17, 15) is 0 Å². The Morgan fingerprint density at radius 1 is 1.07 bits per heavy atom. The molecule has 0 aliphatic heterocycles. The molecule has 2 rings (SSSR count). The van der Waals surface area contributed by atoms with Crippen LogP contribution in [0.2, 0.25) is 0 Å². The highest BCUT2D eigenvalue weighted by atomic mass is 79.9. The lowest BCUT2D eigenvalue weighted by molar-refractivity contribution is 1.33. The lowest BCUT2D eigenvalue weighted by atomic mass is 10.1. The summed E-state index contributed by atoms with van der Waals surface area (Å²) in [6.45, 7) is 0. The average molecular weight is 259 g/mol. The van der Waals surface area contributed by atoms with E-state index in [-0.39, 0.29) is 0 Å². The van der Waals surface area contributed by atoms with Crippen LogP contribution in [0.4, 0.5) is 0 Å². The van der Waals surface area contributed by atoms with Crippen molar-refractivity contribution in [3.8, 4) is 17.2 Å². The zero-order chi connectivity index (χ0) is 10.7. The van der Waals surface area contributed by atoms with Gasteiger partial charge in [-0.2, -0.15) is 5.26 Å². The van der Waals surface area contributed by atoms with Gasteiger partial charge in [-0.05, 0) is 51.3 Å². The largest absolute Gasteiger partial charge is 0.265 e. The van der Waals surface area contributed by atoms with E-state index in [1.165, 1.54) is 0 Å². The fourth-order valence-corrected chi connectivity index (χ4v) is 1.67. The summed E-state index contributed by atoms with van der Waals surface area (Å²) in [6, 6.07) is 11.7. The van der Waals surface area contributed by atoms with E-state index in [2.05, 4.69) is 27.0 Å². The molecule has 0 fully saturated rings. The predicted octanol–water partition coefficient (Wildman–Crippen LogP) is 3.38. The summed E-state index contributed by atoms with van der Waals surface area (Å²) in [5, 5.41) is 8.90. The Kier molecular flexibility index (Phi) is 2.79. The van der Waals surface area contributed by atoms with Crippen LogP contribution in [0.1, 0.15) is 5.56 Å². The summed E-state index contributed by atoms with van der Waals surface area (Å²) < 4.78 is 0.822. The van der Waals surface area contributed by atoms with Gasteiger partial charge in [-0.25, -0.2) is 0 Å². The first kappa shape index (κ1) is 9.88. The third-order valence-corrected chi connectivity index (χ3v) is 2.79. The maximum Gasteiger partial charge on any atom is 0.100 e. The minimum absolute atomic E-state index is 0.643. The summed E-state index contributed by atoms with van der Waals surface area (Å²) in [7, 11) is 0. The van der Waals surface area contributed by atoms with Crippen LogP contribution in [0.3, 0.4) is 0 Å². The molecular formula is C12H7BrN2. The molecule has 15 heavy (non-hydrogen) atoms. The van der Waals surface area contributed by atoms with Crippen LogP contribution in [-0.2, 0) is 0 Å². The normalized spacial score (nSPS) is 9.60. The van der Waals surface area contributed by atoms with E-state index in [0.29, 0.717) is 5.56 Å². The van der Waals surface area contributed by atoms with Gasteiger partial charge < -0.3 is 0 Å². The molecule has 0 atom stereocenters. The van der Waals surface area contributed by atoms with E-state index in [1.54, 1.807) is 12.4 Å². The number of pyridine rings is 1. The van der Waals surface area contributed by atoms with E-state index in [0.717, 1.165) is 15.6 Å². The maximum atomic E-state index is 8.90. The molecule has 1 aromatic heterocycles. The Hall–Kier alpha value is -1.66. The highest BCUT2D eigenvalue weighted by molar-refractivity contribution is 9.10. The Morgan fingerprint density at radius 2 is 1.80 bits per heavy atom. The summed E-state index contributed by atoms with van der Waals surface area (Å²) in [4.78, 5) is 3.96. The van der Waals surface area contributed by atoms with Gasteiger partial charge in [-0.15, -0.1) is 0 Å². The van der Waals surface area contributed by atoms with Crippen LogP contribution in [0, 0.1) is 11.3 Å². The minimum atomic E-state index is 0.643. The van der Waals surface area contributed by atoms with Crippen molar-refractivity contribution in [3.63, 3.8) is 0 Å². The highest BCUT2D eigenvalue weighted by Crippen LogP contribution is 2.24. The van der Waals surface area contributed by atoms with Gasteiger partial charge in [0.25, 0.3) is 0 Å². The number of nitrogens with zero attached hydrogens (tertiary/aromatic N) is 2. The van der Waals surface area contributed by atoms with Crippen molar-refractivity contribution >= 4 is 15.9 Å². The van der Waals surface area contributed by atoms with Crippen molar-refractivity contribution < 1.29 is 0 Å². The van der Waals surface area contributed by atoms with Crippen molar-refractivity contribution in [2.75, 3.05) is 0 Å². The van der Waals surface area contributed by atoms with Gasteiger partial charge >= 0.3 is 0 Å². The molecule has 72 valence electrons. The fourth-order valence-electron chi connectivity index (χ4n) is 1.33. The van der Waals surface area contributed by atoms with Gasteiger partial charge in [0.05, 0.1) is 5.56 Å². The number of hydrogen-bond acceptors (Lipinski definition) is 2. The van der Waals surface area contributed by atoms with Crippen molar-refractivity contribution in [1.82, 2.24) is 4.98 Å². The minimum Gasteiger partial charge on any atom is -0.265 e. The van der Waals surface area contributed by atoms with E-state index < -0.39 is 0 Å². The SMILES string of the molecule is N#Cc1cc(-c2ccncc2)ccc1Br. The molecule has 0 aliphatic rings. The first-order chi connectivity index (χ1) is 7.31. The van der Waals surface area contributed by atoms with Crippen molar-refractivity contribution in [2.24, 2.45) is 0 Å². The zero-order valence-electron chi connectivity index (χ0n) is 7.81. The number of halogens is 1. The van der Waals surface area contributed by atoms with Gasteiger partial charge in [0.2, 0.25) is 0 Å². The van der Waals surface area contributed by atoms with Crippen LogP contribution in [0.15, 0.2) is 47.2 Å². The summed E-state index contributed by atoms with van der Waals surface area (Å²) in [5.74, 6) is 0. The van der Waals surface area contributed by atoms with Crippen LogP contribution in [0.25, 0.3) is 11.1 Å². The van der Waals surface area contributed by atoms with Crippen LogP contribution < -0.4 is 0 Å². The number of nitriles is 1. The van der Waals surface area contributed by atoms with E-state index >= 15 is 0 Å². The number of benzene rings is 1. The maximum absolute atomic E-state index is 8.90. The summed E-state index contributed by atoms with van der Waals surface area (Å²) >= 11 is 3.33. The molecule has 0 saturated heterocycles. The second-order valence-electron chi connectivity index (χ2n) is 3.04. The first-order valence-electron chi connectivity index (χ1n) is 4.41. The molecule has 1 aromatic carbocycles. The highest BCUT2D eigenvalue weighted by Gasteiger charge is 2.02. The standard InChI is InChI=1S/C12H7BrN2/c13-12-2-1-10(7-11(12)8-14)9-3-5-15-6-4-9/h1-7H. The lowest BCUT2D eigenvalue weighted by Crippen LogP contribution is -1.82. The molecule has 0 radical (unpaired) electrons. The second-order valence-corrected chi connectivity index (χ2v) is 3.90. The second kappa shape index (κ2) is 4.24. The number of hydrogen-bond donors (Lipinski definition) is 0. The molecule has 0 unspecified atom stereocenters. The van der Waals surface area contributed by atoms with Crippen molar-refractivity contribution in [2.45, 2.75) is 0 Å². The third-order valence-electron chi connectivity index (χ3n) is 2.10. The van der Waals surface area contributed by atoms with Gasteiger partial charge in [0.15, 0.2) is 0 Å². The quantitative estimate of drug-likeness (QED) is 0.787. The van der Waals surface area contributed by atoms with Gasteiger partial charge in [0, 0.05) is 16.9 Å². The van der Waals surface area contributed by atoms with Crippen LogP contribution in [-0.4, -0.2) is 4.98 Å². The molecule has 0 aliphatic carbocycles. The zero-order valence-corrected chi connectivity index (χ0v) is 9.40. The van der Waals surface area contributed by atoms with E-state index in [4.69, 9.17) is 5.26 Å². The summed E-state index contributed by atoms with van der Waals surface area (Å²) in [5.41, 5.74) is 2.73. The van der Waals surface area contributed by atoms with Crippen molar-refractivity contribution in [3.05, 3.63) is 52.8 Å². The number of rotatable bonds is 1. The lowest BCUT2D eigenvalue weighted by Gasteiger charge is -2.02. The molecule has 3 heteroatoms. The molecule has 0 saturated carbocycles. The average Bonchev–Trinajstić information content (AvgIpc) is 2.31. The van der Waals surface area contributed by atoms with E-state index in [1.807, 2.05) is 30.3 Å². The monoisotopic (exact) mass is 258 g/mol. The third kappa shape index (κ3) is 2.05. The molecule has 0 bridgehead atoms. The Balaban J connectivity index is 2.52. The Bertz CT molecular complexity index is 515. The first-order valence-corrected chi connectivity index (χ1v) is 5.20. The topological polar surface area (TPSA) is 36.7 Å². The van der Waals surface area contributed by atoms with Gasteiger partial charge in [0.1, 0.15) is 6.07 Å². The Labute approximate surface area is 96.3 Å². The molecule has 0 spiro atoms. The smallest absolute Gasteiger partial charge is 0.100 e. The molecule has 2 nitrogen and oxygen atoms in total. The Morgan fingerprint density at radius 3 is 2.47 bits per heavy atom. The molecule has 0 amide bonds. The number of aromatic nitrogens is 1. The summed E-state index contributed by atoms with van der Waals surface area (Å²) in [6.07, 6.45) is 3.48. The molecule has 1 heterocycles. The molecular weight excluding hydrogens is 252 g/mol. The van der Waals surface area contributed by atoms with Gasteiger partial charge in [-0.1, -0.05) is 6.07 Å². The molecule has 2 aromatic rings. The van der Waals surface area contributed by atoms with Crippen LogP contribution >= 0.6 is 15.9 Å². The predicted molar refractivity (Wildman–Crippen MR) is 62.1 cm³/mol. The fraction of sp³-hybridized carbons (Fsp3) is 0. The molecule has 0 N–H and O–H groups in total.